The number of piperidine rings is 1. The van der Waals surface area contributed by atoms with Gasteiger partial charge in [0.2, 0.25) is 5.91 Å². The van der Waals surface area contributed by atoms with Crippen LogP contribution in [0.25, 0.3) is 0 Å². The molecule has 2 saturated heterocycles. The Bertz CT molecular complexity index is 437. The third-order valence-electron chi connectivity index (χ3n) is 4.38. The molecule has 3 heterocycles. The van der Waals surface area contributed by atoms with Gasteiger partial charge in [-0.1, -0.05) is 6.07 Å². The maximum atomic E-state index is 12.8. The number of hydrogen-bond donors (Lipinski definition) is 1. The second-order valence-corrected chi connectivity index (χ2v) is 6.76. The van der Waals surface area contributed by atoms with E-state index in [-0.39, 0.29) is 18.3 Å². The van der Waals surface area contributed by atoms with Gasteiger partial charge in [0.05, 0.1) is 6.04 Å². The van der Waals surface area contributed by atoms with E-state index in [9.17, 15) is 4.79 Å². The first kappa shape index (κ1) is 15.8. The lowest BCUT2D eigenvalue weighted by atomic mass is 9.91. The van der Waals surface area contributed by atoms with E-state index >= 15 is 0 Å². The van der Waals surface area contributed by atoms with Gasteiger partial charge in [-0.15, -0.1) is 23.7 Å². The molecule has 0 spiro atoms. The van der Waals surface area contributed by atoms with Crippen molar-refractivity contribution in [3.05, 3.63) is 22.4 Å². The summed E-state index contributed by atoms with van der Waals surface area (Å²) in [5.41, 5.74) is 0. The summed E-state index contributed by atoms with van der Waals surface area (Å²) in [6, 6.07) is 5.09. The van der Waals surface area contributed by atoms with Crippen LogP contribution in [-0.4, -0.2) is 29.9 Å². The fourth-order valence-corrected chi connectivity index (χ4v) is 4.27. The molecule has 2 aliphatic heterocycles. The van der Waals surface area contributed by atoms with Crippen molar-refractivity contribution < 1.29 is 4.79 Å². The number of halogens is 1. The molecule has 112 valence electrons. The van der Waals surface area contributed by atoms with Crippen molar-refractivity contribution in [2.75, 3.05) is 13.1 Å². The summed E-state index contributed by atoms with van der Waals surface area (Å²) in [5, 5.41) is 5.54. The normalized spacial score (nSPS) is 30.1. The molecule has 1 aromatic rings. The molecule has 3 atom stereocenters. The van der Waals surface area contributed by atoms with Crippen molar-refractivity contribution in [3.63, 3.8) is 0 Å². The third-order valence-corrected chi connectivity index (χ3v) is 5.35. The molecule has 2 fully saturated rings. The molecule has 0 aromatic carbocycles. The highest BCUT2D eigenvalue weighted by Crippen LogP contribution is 2.36. The van der Waals surface area contributed by atoms with Crippen molar-refractivity contribution in [1.82, 2.24) is 10.2 Å². The highest BCUT2D eigenvalue weighted by Gasteiger charge is 2.35. The first-order valence-electron chi connectivity index (χ1n) is 7.33. The average Bonchev–Trinajstić information content (AvgIpc) is 3.08. The fraction of sp³-hybridized carbons (Fsp3) is 0.667. The molecule has 0 saturated carbocycles. The lowest BCUT2D eigenvalue weighted by molar-refractivity contribution is -0.137. The Hall–Kier alpha value is -0.580. The second-order valence-electron chi connectivity index (χ2n) is 5.78. The van der Waals surface area contributed by atoms with Crippen molar-refractivity contribution in [2.45, 2.75) is 44.7 Å². The van der Waals surface area contributed by atoms with E-state index in [1.54, 1.807) is 11.3 Å². The quantitative estimate of drug-likeness (QED) is 0.909. The maximum Gasteiger partial charge on any atom is 0.226 e. The van der Waals surface area contributed by atoms with Crippen LogP contribution in [0.1, 0.15) is 43.5 Å². The third kappa shape index (κ3) is 3.18. The highest BCUT2D eigenvalue weighted by atomic mass is 35.5. The molecule has 1 unspecified atom stereocenters. The van der Waals surface area contributed by atoms with Gasteiger partial charge < -0.3 is 10.2 Å². The van der Waals surface area contributed by atoms with Gasteiger partial charge in [-0.05, 0) is 50.6 Å². The molecule has 3 rings (SSSR count). The van der Waals surface area contributed by atoms with Crippen LogP contribution >= 0.6 is 23.7 Å². The van der Waals surface area contributed by atoms with Crippen LogP contribution in [0, 0.1) is 5.92 Å². The zero-order valence-electron chi connectivity index (χ0n) is 11.9. The van der Waals surface area contributed by atoms with E-state index in [1.807, 2.05) is 0 Å². The zero-order valence-corrected chi connectivity index (χ0v) is 13.5. The average molecular weight is 315 g/mol. The van der Waals surface area contributed by atoms with Gasteiger partial charge in [0.1, 0.15) is 0 Å². The van der Waals surface area contributed by atoms with Gasteiger partial charge in [0, 0.05) is 23.4 Å². The van der Waals surface area contributed by atoms with Gasteiger partial charge in [-0.3, -0.25) is 4.79 Å². The fourth-order valence-electron chi connectivity index (χ4n) is 3.40. The van der Waals surface area contributed by atoms with Crippen molar-refractivity contribution >= 4 is 29.7 Å². The number of thiophene rings is 1. The van der Waals surface area contributed by atoms with Gasteiger partial charge in [0.15, 0.2) is 0 Å². The van der Waals surface area contributed by atoms with Crippen molar-refractivity contribution in [3.8, 4) is 0 Å². The molecule has 1 aromatic heterocycles. The van der Waals surface area contributed by atoms with Crippen LogP contribution in [0.3, 0.4) is 0 Å². The molecule has 0 radical (unpaired) electrons. The number of hydrogen-bond acceptors (Lipinski definition) is 3. The van der Waals surface area contributed by atoms with Crippen LogP contribution in [-0.2, 0) is 4.79 Å². The van der Waals surface area contributed by atoms with Crippen LogP contribution in [0.5, 0.6) is 0 Å². The number of amides is 1. The second kappa shape index (κ2) is 6.92. The number of rotatable bonds is 2. The van der Waals surface area contributed by atoms with Gasteiger partial charge >= 0.3 is 0 Å². The number of carbonyl (C=O) groups is 1. The first-order valence-corrected chi connectivity index (χ1v) is 8.21. The molecule has 1 N–H and O–H groups in total. The topological polar surface area (TPSA) is 32.3 Å². The monoisotopic (exact) mass is 314 g/mol. The van der Waals surface area contributed by atoms with Crippen LogP contribution in [0.2, 0.25) is 0 Å². The standard InChI is InChI=1S/C15H22N2OS.ClH/c1-11-10-12(6-7-16-11)15(18)17-8-2-4-13(17)14-5-3-9-19-14;/h3,5,9,11-13,16H,2,4,6-8,10H2,1H3;1H/t11-,12-,13?;/m0./s1. The van der Waals surface area contributed by atoms with Gasteiger partial charge in [-0.25, -0.2) is 0 Å². The summed E-state index contributed by atoms with van der Waals surface area (Å²) in [6.07, 6.45) is 4.27. The van der Waals surface area contributed by atoms with Crippen LogP contribution < -0.4 is 5.32 Å². The number of nitrogens with zero attached hydrogens (tertiary/aromatic N) is 1. The van der Waals surface area contributed by atoms with E-state index in [2.05, 4.69) is 34.7 Å². The molecule has 0 aliphatic carbocycles. The Morgan fingerprint density at radius 3 is 3.00 bits per heavy atom. The summed E-state index contributed by atoms with van der Waals surface area (Å²) in [4.78, 5) is 16.3. The Kier molecular flexibility index (Phi) is 5.47. The van der Waals surface area contributed by atoms with E-state index in [4.69, 9.17) is 0 Å². The molecule has 2 aliphatic rings. The van der Waals surface area contributed by atoms with E-state index < -0.39 is 0 Å². The minimum atomic E-state index is 0. The summed E-state index contributed by atoms with van der Waals surface area (Å²) in [6.45, 7) is 4.11. The molecule has 1 amide bonds. The van der Waals surface area contributed by atoms with Gasteiger partial charge in [-0.2, -0.15) is 0 Å². The summed E-state index contributed by atoms with van der Waals surface area (Å²) in [7, 11) is 0. The van der Waals surface area contributed by atoms with Gasteiger partial charge in [0.25, 0.3) is 0 Å². The van der Waals surface area contributed by atoms with Crippen molar-refractivity contribution in [1.29, 1.82) is 0 Å². The first-order chi connectivity index (χ1) is 9.25. The van der Waals surface area contributed by atoms with Crippen LogP contribution in [0.4, 0.5) is 0 Å². The summed E-state index contributed by atoms with van der Waals surface area (Å²) in [5.74, 6) is 0.626. The summed E-state index contributed by atoms with van der Waals surface area (Å²) < 4.78 is 0. The smallest absolute Gasteiger partial charge is 0.226 e. The molecule has 5 heteroatoms. The minimum absolute atomic E-state index is 0. The van der Waals surface area contributed by atoms with E-state index in [0.29, 0.717) is 18.0 Å². The molecule has 3 nitrogen and oxygen atoms in total. The number of carbonyl (C=O) groups excluding carboxylic acids is 1. The SMILES string of the molecule is C[C@H]1C[C@@H](C(=O)N2CCCC2c2cccs2)CCN1.Cl. The molecule has 20 heavy (non-hydrogen) atoms. The van der Waals surface area contributed by atoms with Crippen LogP contribution in [0.15, 0.2) is 17.5 Å². The molecular formula is C15H23ClN2OS. The lowest BCUT2D eigenvalue weighted by Gasteiger charge is -2.32. The Morgan fingerprint density at radius 1 is 1.45 bits per heavy atom. The Balaban J connectivity index is 0.00000147. The number of likely N-dealkylation sites (tertiary alicyclic amines) is 1. The van der Waals surface area contributed by atoms with E-state index in [1.165, 1.54) is 4.88 Å². The minimum Gasteiger partial charge on any atom is -0.335 e. The lowest BCUT2D eigenvalue weighted by Crippen LogP contribution is -2.43. The Morgan fingerprint density at radius 2 is 2.30 bits per heavy atom. The van der Waals surface area contributed by atoms with Crippen molar-refractivity contribution in [2.24, 2.45) is 5.92 Å². The van der Waals surface area contributed by atoms with E-state index in [0.717, 1.165) is 38.8 Å². The predicted molar refractivity (Wildman–Crippen MR) is 85.4 cm³/mol. The summed E-state index contributed by atoms with van der Waals surface area (Å²) >= 11 is 1.78. The highest BCUT2D eigenvalue weighted by molar-refractivity contribution is 7.10. The Labute approximate surface area is 131 Å². The maximum absolute atomic E-state index is 12.8. The molecule has 0 bridgehead atoms. The predicted octanol–water partition coefficient (Wildman–Crippen LogP) is 3.22. The number of nitrogens with one attached hydrogen (secondary N) is 1. The zero-order chi connectivity index (χ0) is 13.2. The molecular weight excluding hydrogens is 292 g/mol. The largest absolute Gasteiger partial charge is 0.335 e.